The van der Waals surface area contributed by atoms with E-state index >= 15 is 0 Å². The first-order chi connectivity index (χ1) is 13.3. The number of nitrogens with one attached hydrogen (secondary N) is 1. The topological polar surface area (TPSA) is 64.4 Å². The normalized spacial score (nSPS) is 11.8. The number of nitrogens with zero attached hydrogens (tertiary/aromatic N) is 3. The van der Waals surface area contributed by atoms with Gasteiger partial charge in [-0.25, -0.2) is 5.10 Å². The van der Waals surface area contributed by atoms with Crippen LogP contribution >= 0.6 is 12.2 Å². The number of aromatic nitrogens is 3. The summed E-state index contributed by atoms with van der Waals surface area (Å²) in [4.78, 5) is 0. The quantitative estimate of drug-likeness (QED) is 0.497. The second-order valence-electron chi connectivity index (χ2n) is 7.34. The summed E-state index contributed by atoms with van der Waals surface area (Å²) < 4.78 is 12.7. The Hall–Kier alpha value is -2.93. The molecular weight excluding hydrogens is 372 g/mol. The average Bonchev–Trinajstić information content (AvgIpc) is 3.06. The molecule has 0 radical (unpaired) electrons. The van der Waals surface area contributed by atoms with E-state index in [1.165, 1.54) is 5.56 Å². The van der Waals surface area contributed by atoms with Gasteiger partial charge in [0.05, 0.1) is 20.4 Å². The van der Waals surface area contributed by atoms with Gasteiger partial charge >= 0.3 is 0 Å². The van der Waals surface area contributed by atoms with Crippen LogP contribution in [0.3, 0.4) is 0 Å². The van der Waals surface area contributed by atoms with E-state index in [0.717, 1.165) is 11.1 Å². The predicted octanol–water partition coefficient (Wildman–Crippen LogP) is 4.80. The minimum atomic E-state index is 0.0896. The molecule has 0 unspecified atom stereocenters. The molecular formula is C21H24N4O2S. The summed E-state index contributed by atoms with van der Waals surface area (Å²) in [6.45, 7) is 6.56. The molecule has 0 bridgehead atoms. The minimum absolute atomic E-state index is 0.0896. The molecule has 6 nitrogen and oxygen atoms in total. The lowest BCUT2D eigenvalue weighted by Gasteiger charge is -2.18. The van der Waals surface area contributed by atoms with Crippen LogP contribution in [0.25, 0.3) is 11.4 Å². The highest BCUT2D eigenvalue weighted by molar-refractivity contribution is 7.71. The van der Waals surface area contributed by atoms with E-state index in [1.54, 1.807) is 25.1 Å². The Bertz CT molecular complexity index is 1040. The molecule has 0 spiro atoms. The van der Waals surface area contributed by atoms with Crippen molar-refractivity contribution in [3.8, 4) is 22.9 Å². The molecule has 7 heteroatoms. The Kier molecular flexibility index (Phi) is 5.65. The number of hydrogen-bond donors (Lipinski definition) is 1. The average molecular weight is 397 g/mol. The maximum Gasteiger partial charge on any atom is 0.216 e. The van der Waals surface area contributed by atoms with Gasteiger partial charge in [0.2, 0.25) is 4.77 Å². The Morgan fingerprint density at radius 3 is 2.39 bits per heavy atom. The van der Waals surface area contributed by atoms with Crippen molar-refractivity contribution < 1.29 is 9.47 Å². The first-order valence-electron chi connectivity index (χ1n) is 8.88. The second kappa shape index (κ2) is 7.98. The van der Waals surface area contributed by atoms with Crippen molar-refractivity contribution in [2.75, 3.05) is 14.2 Å². The van der Waals surface area contributed by atoms with Crippen molar-refractivity contribution in [1.29, 1.82) is 0 Å². The SMILES string of the molecule is COc1ccc(/C=N\n2c(-c3ccc(C(C)(C)C)cc3)n[nH]c2=S)c(OC)c1. The smallest absolute Gasteiger partial charge is 0.216 e. The maximum absolute atomic E-state index is 5.42. The second-order valence-corrected chi connectivity index (χ2v) is 7.73. The van der Waals surface area contributed by atoms with Gasteiger partial charge in [0.15, 0.2) is 5.82 Å². The highest BCUT2D eigenvalue weighted by atomic mass is 32.1. The summed E-state index contributed by atoms with van der Waals surface area (Å²) >= 11 is 5.35. The molecule has 0 atom stereocenters. The summed E-state index contributed by atoms with van der Waals surface area (Å²) in [5, 5.41) is 11.7. The molecule has 1 N–H and O–H groups in total. The van der Waals surface area contributed by atoms with Crippen LogP contribution in [0.1, 0.15) is 31.9 Å². The van der Waals surface area contributed by atoms with Gasteiger partial charge in [-0.3, -0.25) is 0 Å². The number of aromatic amines is 1. The van der Waals surface area contributed by atoms with Crippen LogP contribution in [0, 0.1) is 4.77 Å². The van der Waals surface area contributed by atoms with Crippen molar-refractivity contribution in [2.24, 2.45) is 5.10 Å². The van der Waals surface area contributed by atoms with Crippen LogP contribution < -0.4 is 9.47 Å². The van der Waals surface area contributed by atoms with E-state index in [0.29, 0.717) is 22.1 Å². The third-order valence-corrected chi connectivity index (χ3v) is 4.68. The van der Waals surface area contributed by atoms with Gasteiger partial charge in [-0.05, 0) is 35.3 Å². The van der Waals surface area contributed by atoms with Crippen molar-refractivity contribution in [3.63, 3.8) is 0 Å². The van der Waals surface area contributed by atoms with E-state index in [4.69, 9.17) is 21.7 Å². The molecule has 0 fully saturated rings. The Morgan fingerprint density at radius 1 is 1.07 bits per heavy atom. The Morgan fingerprint density at radius 2 is 1.79 bits per heavy atom. The fraction of sp³-hybridized carbons (Fsp3) is 0.286. The number of hydrogen-bond acceptors (Lipinski definition) is 5. The molecule has 1 aromatic heterocycles. The van der Waals surface area contributed by atoms with Crippen molar-refractivity contribution in [3.05, 3.63) is 58.4 Å². The lowest BCUT2D eigenvalue weighted by Crippen LogP contribution is -2.10. The summed E-state index contributed by atoms with van der Waals surface area (Å²) in [6, 6.07) is 13.8. The molecule has 146 valence electrons. The summed E-state index contributed by atoms with van der Waals surface area (Å²) in [5.41, 5.74) is 3.08. The van der Waals surface area contributed by atoms with Crippen LogP contribution in [0.4, 0.5) is 0 Å². The van der Waals surface area contributed by atoms with Gasteiger partial charge in [0, 0.05) is 17.2 Å². The van der Waals surface area contributed by atoms with Crippen LogP contribution in [-0.2, 0) is 5.41 Å². The Labute approximate surface area is 169 Å². The molecule has 1 heterocycles. The number of benzene rings is 2. The number of methoxy groups -OCH3 is 2. The van der Waals surface area contributed by atoms with Gasteiger partial charge < -0.3 is 9.47 Å². The predicted molar refractivity (Wildman–Crippen MR) is 114 cm³/mol. The molecule has 2 aromatic carbocycles. The third kappa shape index (κ3) is 4.14. The molecule has 0 saturated heterocycles. The first-order valence-corrected chi connectivity index (χ1v) is 9.29. The lowest BCUT2D eigenvalue weighted by atomic mass is 9.87. The standard InChI is InChI=1S/C21H24N4O2S/c1-21(2,3)16-9-6-14(7-10-16)19-23-24-20(28)25(19)22-13-15-8-11-17(26-4)12-18(15)27-5/h6-13H,1-5H3,(H,24,28)/b22-13-. The van der Waals surface area contributed by atoms with E-state index in [2.05, 4.69) is 48.2 Å². The summed E-state index contributed by atoms with van der Waals surface area (Å²) in [7, 11) is 3.22. The lowest BCUT2D eigenvalue weighted by molar-refractivity contribution is 0.394. The van der Waals surface area contributed by atoms with E-state index in [1.807, 2.05) is 30.3 Å². The molecule has 0 aliphatic carbocycles. The number of rotatable bonds is 5. The summed E-state index contributed by atoms with van der Waals surface area (Å²) in [6.07, 6.45) is 1.69. The number of H-pyrrole nitrogens is 1. The minimum Gasteiger partial charge on any atom is -0.497 e. The molecule has 28 heavy (non-hydrogen) atoms. The van der Waals surface area contributed by atoms with Crippen molar-refractivity contribution >= 4 is 18.4 Å². The van der Waals surface area contributed by atoms with Gasteiger partial charge in [0.25, 0.3) is 0 Å². The summed E-state index contributed by atoms with van der Waals surface area (Å²) in [5.74, 6) is 2.02. The Balaban J connectivity index is 1.96. The van der Waals surface area contributed by atoms with E-state index in [-0.39, 0.29) is 5.41 Å². The molecule has 3 rings (SSSR count). The zero-order chi connectivity index (χ0) is 20.3. The molecule has 0 saturated carbocycles. The van der Waals surface area contributed by atoms with Crippen molar-refractivity contribution in [1.82, 2.24) is 14.9 Å². The third-order valence-electron chi connectivity index (χ3n) is 4.41. The fourth-order valence-corrected chi connectivity index (χ4v) is 2.93. The first kappa shape index (κ1) is 19.8. The zero-order valence-electron chi connectivity index (χ0n) is 16.7. The van der Waals surface area contributed by atoms with Gasteiger partial charge in [-0.1, -0.05) is 45.0 Å². The molecule has 0 aliphatic rings. The maximum atomic E-state index is 5.42. The number of ether oxygens (including phenoxy) is 2. The molecule has 0 aliphatic heterocycles. The van der Waals surface area contributed by atoms with Gasteiger partial charge in [-0.15, -0.1) is 0 Å². The molecule has 0 amide bonds. The van der Waals surface area contributed by atoms with Crippen LogP contribution in [0.2, 0.25) is 0 Å². The van der Waals surface area contributed by atoms with Crippen LogP contribution in [0.5, 0.6) is 11.5 Å². The van der Waals surface area contributed by atoms with E-state index in [9.17, 15) is 0 Å². The zero-order valence-corrected chi connectivity index (χ0v) is 17.5. The van der Waals surface area contributed by atoms with Gasteiger partial charge in [-0.2, -0.15) is 14.9 Å². The van der Waals surface area contributed by atoms with E-state index < -0.39 is 0 Å². The highest BCUT2D eigenvalue weighted by Crippen LogP contribution is 2.26. The van der Waals surface area contributed by atoms with Crippen LogP contribution in [-0.4, -0.2) is 35.3 Å². The van der Waals surface area contributed by atoms with Crippen molar-refractivity contribution in [2.45, 2.75) is 26.2 Å². The largest absolute Gasteiger partial charge is 0.497 e. The molecule has 3 aromatic rings. The van der Waals surface area contributed by atoms with Gasteiger partial charge in [0.1, 0.15) is 11.5 Å². The fourth-order valence-electron chi connectivity index (χ4n) is 2.75. The monoisotopic (exact) mass is 396 g/mol. The highest BCUT2D eigenvalue weighted by Gasteiger charge is 2.15. The van der Waals surface area contributed by atoms with Crippen LogP contribution in [0.15, 0.2) is 47.6 Å².